The predicted octanol–water partition coefficient (Wildman–Crippen LogP) is 4.39. The van der Waals surface area contributed by atoms with Crippen LogP contribution in [-0.2, 0) is 0 Å². The average molecular weight is 194 g/mol. The van der Waals surface area contributed by atoms with Gasteiger partial charge < -0.3 is 4.74 Å². The Morgan fingerprint density at radius 3 is 1.71 bits per heavy atom. The summed E-state index contributed by atoms with van der Waals surface area (Å²) < 4.78 is 4.98. The van der Waals surface area contributed by atoms with E-state index in [0.717, 1.165) is 11.3 Å². The van der Waals surface area contributed by atoms with Gasteiger partial charge in [0.25, 0.3) is 0 Å². The van der Waals surface area contributed by atoms with E-state index in [-0.39, 0.29) is 0 Å². The molecule has 0 spiro atoms. The molecule has 0 saturated carbocycles. The first-order valence-electron chi connectivity index (χ1n) is 5.13. The van der Waals surface area contributed by atoms with Gasteiger partial charge in [-0.1, -0.05) is 52.5 Å². The molecule has 0 heterocycles. The number of ether oxygens (including phenoxy) is 1. The van der Waals surface area contributed by atoms with E-state index < -0.39 is 0 Å². The van der Waals surface area contributed by atoms with Crippen LogP contribution in [0.4, 0.5) is 0 Å². The molecule has 0 amide bonds. The Bertz CT molecular complexity index is 211. The molecule has 0 atom stereocenters. The standard InChI is InChI=1S/C9H10O.2C2H6/c1-3-8-4-6-9(10-2)7-5-8;2*1-2/h3-7H,1H2,2H3;2*1-2H3. The van der Waals surface area contributed by atoms with Crippen molar-refractivity contribution >= 4 is 6.08 Å². The minimum absolute atomic E-state index is 0.880. The monoisotopic (exact) mass is 194 g/mol. The Balaban J connectivity index is 0. The van der Waals surface area contributed by atoms with Crippen LogP contribution < -0.4 is 4.74 Å². The van der Waals surface area contributed by atoms with Crippen LogP contribution in [-0.4, -0.2) is 7.11 Å². The molecule has 0 bridgehead atoms. The molecule has 1 heteroatoms. The van der Waals surface area contributed by atoms with E-state index in [1.807, 2.05) is 52.0 Å². The molecule has 0 aliphatic carbocycles. The molecule has 14 heavy (non-hydrogen) atoms. The molecule has 1 rings (SSSR count). The maximum Gasteiger partial charge on any atom is 0.118 e. The van der Waals surface area contributed by atoms with Crippen molar-refractivity contribution in [1.82, 2.24) is 0 Å². The number of methoxy groups -OCH3 is 1. The Hall–Kier alpha value is -1.24. The summed E-state index contributed by atoms with van der Waals surface area (Å²) in [5, 5.41) is 0. The van der Waals surface area contributed by atoms with Gasteiger partial charge in [0.15, 0.2) is 0 Å². The van der Waals surface area contributed by atoms with Crippen molar-refractivity contribution in [2.45, 2.75) is 27.7 Å². The van der Waals surface area contributed by atoms with Crippen molar-refractivity contribution in [3.8, 4) is 5.75 Å². The second-order valence-electron chi connectivity index (χ2n) is 1.98. The molecule has 0 aromatic heterocycles. The van der Waals surface area contributed by atoms with Gasteiger partial charge >= 0.3 is 0 Å². The van der Waals surface area contributed by atoms with E-state index in [1.165, 1.54) is 0 Å². The van der Waals surface area contributed by atoms with Crippen LogP contribution in [0.15, 0.2) is 30.8 Å². The van der Waals surface area contributed by atoms with E-state index in [2.05, 4.69) is 6.58 Å². The molecule has 0 N–H and O–H groups in total. The third-order valence-electron chi connectivity index (χ3n) is 1.35. The fourth-order valence-electron chi connectivity index (χ4n) is 0.740. The minimum atomic E-state index is 0.880. The Labute approximate surface area is 88.4 Å². The van der Waals surface area contributed by atoms with E-state index in [9.17, 15) is 0 Å². The van der Waals surface area contributed by atoms with E-state index in [1.54, 1.807) is 13.2 Å². The van der Waals surface area contributed by atoms with Crippen molar-refractivity contribution in [3.63, 3.8) is 0 Å². The Morgan fingerprint density at radius 1 is 1.00 bits per heavy atom. The van der Waals surface area contributed by atoms with Gasteiger partial charge in [0.2, 0.25) is 0 Å². The zero-order valence-electron chi connectivity index (χ0n) is 10.0. The fourth-order valence-corrected chi connectivity index (χ4v) is 0.740. The lowest BCUT2D eigenvalue weighted by atomic mass is 10.2. The second-order valence-corrected chi connectivity index (χ2v) is 1.98. The zero-order chi connectivity index (χ0) is 11.4. The maximum absolute atomic E-state index is 4.98. The average Bonchev–Trinajstić information content (AvgIpc) is 2.34. The van der Waals surface area contributed by atoms with Gasteiger partial charge in [-0.3, -0.25) is 0 Å². The highest BCUT2D eigenvalue weighted by Crippen LogP contribution is 2.11. The molecule has 0 radical (unpaired) electrons. The number of benzene rings is 1. The van der Waals surface area contributed by atoms with Crippen LogP contribution in [0, 0.1) is 0 Å². The first-order valence-corrected chi connectivity index (χ1v) is 5.13. The fraction of sp³-hybridized carbons (Fsp3) is 0.385. The Morgan fingerprint density at radius 2 is 1.43 bits per heavy atom. The first-order chi connectivity index (χ1) is 6.86. The summed E-state index contributed by atoms with van der Waals surface area (Å²) >= 11 is 0. The molecule has 0 aliphatic heterocycles. The zero-order valence-corrected chi connectivity index (χ0v) is 10.0. The highest BCUT2D eigenvalue weighted by atomic mass is 16.5. The topological polar surface area (TPSA) is 9.23 Å². The van der Waals surface area contributed by atoms with E-state index >= 15 is 0 Å². The smallest absolute Gasteiger partial charge is 0.118 e. The summed E-state index contributed by atoms with van der Waals surface area (Å²) in [4.78, 5) is 0. The van der Waals surface area contributed by atoms with Gasteiger partial charge in [-0.2, -0.15) is 0 Å². The SMILES string of the molecule is C=Cc1ccc(OC)cc1.CC.CC. The normalized spacial score (nSPS) is 7.21. The van der Waals surface area contributed by atoms with Crippen LogP contribution >= 0.6 is 0 Å². The number of rotatable bonds is 2. The largest absolute Gasteiger partial charge is 0.497 e. The number of hydrogen-bond acceptors (Lipinski definition) is 1. The predicted molar refractivity (Wildman–Crippen MR) is 65.8 cm³/mol. The molecule has 1 aromatic rings. The van der Waals surface area contributed by atoms with Crippen molar-refractivity contribution < 1.29 is 4.74 Å². The van der Waals surface area contributed by atoms with Crippen molar-refractivity contribution in [2.24, 2.45) is 0 Å². The van der Waals surface area contributed by atoms with Gasteiger partial charge in [0.05, 0.1) is 7.11 Å². The van der Waals surface area contributed by atoms with Crippen molar-refractivity contribution in [3.05, 3.63) is 36.4 Å². The summed E-state index contributed by atoms with van der Waals surface area (Å²) in [6.07, 6.45) is 1.80. The molecular formula is C13H22O. The van der Waals surface area contributed by atoms with Gasteiger partial charge in [-0.15, -0.1) is 0 Å². The summed E-state index contributed by atoms with van der Waals surface area (Å²) in [6.45, 7) is 11.6. The molecular weight excluding hydrogens is 172 g/mol. The quantitative estimate of drug-likeness (QED) is 0.678. The molecule has 0 fully saturated rings. The molecule has 0 saturated heterocycles. The van der Waals surface area contributed by atoms with Crippen LogP contribution in [0.1, 0.15) is 33.3 Å². The lowest BCUT2D eigenvalue weighted by Crippen LogP contribution is -1.80. The van der Waals surface area contributed by atoms with Crippen LogP contribution in [0.25, 0.3) is 6.08 Å². The van der Waals surface area contributed by atoms with Crippen LogP contribution in [0.3, 0.4) is 0 Å². The first kappa shape index (κ1) is 15.2. The molecule has 0 aliphatic rings. The maximum atomic E-state index is 4.98. The molecule has 1 aromatic carbocycles. The van der Waals surface area contributed by atoms with Gasteiger partial charge in [-0.25, -0.2) is 0 Å². The Kier molecular flexibility index (Phi) is 12.8. The summed E-state index contributed by atoms with van der Waals surface area (Å²) in [6, 6.07) is 7.76. The molecule has 1 nitrogen and oxygen atoms in total. The number of hydrogen-bond donors (Lipinski definition) is 0. The van der Waals surface area contributed by atoms with E-state index in [4.69, 9.17) is 4.74 Å². The third-order valence-corrected chi connectivity index (χ3v) is 1.35. The van der Waals surface area contributed by atoms with Gasteiger partial charge in [0, 0.05) is 0 Å². The van der Waals surface area contributed by atoms with Gasteiger partial charge in [-0.05, 0) is 17.7 Å². The van der Waals surface area contributed by atoms with Crippen molar-refractivity contribution in [2.75, 3.05) is 7.11 Å². The summed E-state index contributed by atoms with van der Waals surface area (Å²) in [5.41, 5.74) is 1.11. The summed E-state index contributed by atoms with van der Waals surface area (Å²) in [5.74, 6) is 0.880. The van der Waals surface area contributed by atoms with Gasteiger partial charge in [0.1, 0.15) is 5.75 Å². The molecule has 0 unspecified atom stereocenters. The van der Waals surface area contributed by atoms with E-state index in [0.29, 0.717) is 0 Å². The second kappa shape index (κ2) is 11.8. The van der Waals surface area contributed by atoms with Crippen LogP contribution in [0.2, 0.25) is 0 Å². The minimum Gasteiger partial charge on any atom is -0.497 e. The highest BCUT2D eigenvalue weighted by molar-refractivity contribution is 5.48. The van der Waals surface area contributed by atoms with Crippen LogP contribution in [0.5, 0.6) is 5.75 Å². The lowest BCUT2D eigenvalue weighted by Gasteiger charge is -1.97. The lowest BCUT2D eigenvalue weighted by molar-refractivity contribution is 0.415. The summed E-state index contributed by atoms with van der Waals surface area (Å²) in [7, 11) is 1.66. The molecule has 80 valence electrons. The van der Waals surface area contributed by atoms with Crippen molar-refractivity contribution in [1.29, 1.82) is 0 Å². The highest BCUT2D eigenvalue weighted by Gasteiger charge is 1.87. The third kappa shape index (κ3) is 6.30.